The van der Waals surface area contributed by atoms with Crippen LogP contribution in [-0.2, 0) is 18.4 Å². The fourth-order valence-electron chi connectivity index (χ4n) is 1.69. The van der Waals surface area contributed by atoms with Crippen molar-refractivity contribution >= 4 is 29.2 Å². The van der Waals surface area contributed by atoms with Crippen molar-refractivity contribution in [3.63, 3.8) is 0 Å². The van der Waals surface area contributed by atoms with Crippen LogP contribution in [0.5, 0.6) is 0 Å². The Kier molecular flexibility index (Phi) is 3.75. The Morgan fingerprint density at radius 1 is 1.50 bits per heavy atom. The number of hydrogen-bond donors (Lipinski definition) is 2. The molecule has 2 aromatic rings. The molecule has 0 unspecified atom stereocenters. The van der Waals surface area contributed by atoms with Gasteiger partial charge in [-0.2, -0.15) is 10.2 Å². The lowest BCUT2D eigenvalue weighted by Crippen LogP contribution is -2.20. The van der Waals surface area contributed by atoms with Gasteiger partial charge in [0.15, 0.2) is 5.69 Å². The SMILES string of the molecule is Cc1nn(CC(=O)Nc2cnn(C)c2C(=O)O)cc1Cl. The maximum atomic E-state index is 11.8. The fraction of sp³-hybridized carbons (Fsp3) is 0.273. The quantitative estimate of drug-likeness (QED) is 0.873. The zero-order valence-corrected chi connectivity index (χ0v) is 11.5. The average Bonchev–Trinajstić information content (AvgIpc) is 2.83. The van der Waals surface area contributed by atoms with E-state index in [4.69, 9.17) is 16.7 Å². The Morgan fingerprint density at radius 3 is 2.75 bits per heavy atom. The molecule has 8 nitrogen and oxygen atoms in total. The predicted molar refractivity (Wildman–Crippen MR) is 70.8 cm³/mol. The first kappa shape index (κ1) is 14.1. The molecule has 0 saturated carbocycles. The largest absolute Gasteiger partial charge is 0.476 e. The molecular formula is C11H12ClN5O3. The Bertz CT molecular complexity index is 656. The van der Waals surface area contributed by atoms with Crippen molar-refractivity contribution in [1.82, 2.24) is 19.6 Å². The first-order valence-electron chi connectivity index (χ1n) is 5.63. The molecule has 2 heterocycles. The second-order valence-corrected chi connectivity index (χ2v) is 4.55. The van der Waals surface area contributed by atoms with Gasteiger partial charge in [0.1, 0.15) is 6.54 Å². The van der Waals surface area contributed by atoms with Gasteiger partial charge in [-0.25, -0.2) is 4.79 Å². The zero-order chi connectivity index (χ0) is 14.9. The molecular weight excluding hydrogens is 286 g/mol. The third-order valence-corrected chi connectivity index (χ3v) is 2.98. The van der Waals surface area contributed by atoms with Crippen LogP contribution in [0.25, 0.3) is 0 Å². The summed E-state index contributed by atoms with van der Waals surface area (Å²) in [5.74, 6) is -1.59. The summed E-state index contributed by atoms with van der Waals surface area (Å²) in [5, 5.41) is 19.8. The molecule has 0 bridgehead atoms. The Labute approximate surface area is 118 Å². The van der Waals surface area contributed by atoms with E-state index in [1.54, 1.807) is 6.92 Å². The smallest absolute Gasteiger partial charge is 0.356 e. The van der Waals surface area contributed by atoms with Crippen molar-refractivity contribution in [2.24, 2.45) is 7.05 Å². The second kappa shape index (κ2) is 5.33. The highest BCUT2D eigenvalue weighted by atomic mass is 35.5. The molecule has 0 aliphatic rings. The van der Waals surface area contributed by atoms with Crippen LogP contribution < -0.4 is 5.32 Å². The van der Waals surface area contributed by atoms with Gasteiger partial charge in [-0.1, -0.05) is 11.6 Å². The summed E-state index contributed by atoms with van der Waals surface area (Å²) in [6.07, 6.45) is 2.81. The standard InChI is InChI=1S/C11H12ClN5O3/c1-6-7(12)4-17(15-6)5-9(18)14-8-3-13-16(2)10(8)11(19)20/h3-4H,5H2,1-2H3,(H,14,18)(H,19,20). The Morgan fingerprint density at radius 2 is 2.20 bits per heavy atom. The Hall–Kier alpha value is -2.35. The van der Waals surface area contributed by atoms with Crippen LogP contribution in [-0.4, -0.2) is 36.5 Å². The van der Waals surface area contributed by atoms with E-state index in [-0.39, 0.29) is 17.9 Å². The number of carboxylic acid groups (broad SMARTS) is 1. The van der Waals surface area contributed by atoms with Crippen LogP contribution in [0.15, 0.2) is 12.4 Å². The van der Waals surface area contributed by atoms with Crippen LogP contribution in [0.4, 0.5) is 5.69 Å². The number of halogens is 1. The molecule has 0 aliphatic carbocycles. The number of nitrogens with zero attached hydrogens (tertiary/aromatic N) is 4. The molecule has 106 valence electrons. The van der Waals surface area contributed by atoms with Crippen LogP contribution in [0.3, 0.4) is 0 Å². The number of nitrogens with one attached hydrogen (secondary N) is 1. The summed E-state index contributed by atoms with van der Waals surface area (Å²) in [4.78, 5) is 22.9. The van der Waals surface area contributed by atoms with Gasteiger partial charge in [-0.3, -0.25) is 14.2 Å². The number of carboxylic acids is 1. The van der Waals surface area contributed by atoms with E-state index < -0.39 is 11.9 Å². The van der Waals surface area contributed by atoms with Gasteiger partial charge < -0.3 is 10.4 Å². The van der Waals surface area contributed by atoms with Crippen molar-refractivity contribution in [3.05, 3.63) is 28.8 Å². The summed E-state index contributed by atoms with van der Waals surface area (Å²) in [6.45, 7) is 1.65. The van der Waals surface area contributed by atoms with Crippen molar-refractivity contribution in [2.45, 2.75) is 13.5 Å². The van der Waals surface area contributed by atoms with Gasteiger partial charge in [-0.05, 0) is 6.92 Å². The monoisotopic (exact) mass is 297 g/mol. The topological polar surface area (TPSA) is 102 Å². The first-order chi connectivity index (χ1) is 9.38. The van der Waals surface area contributed by atoms with E-state index in [1.165, 1.54) is 28.8 Å². The lowest BCUT2D eigenvalue weighted by Gasteiger charge is -2.04. The highest BCUT2D eigenvalue weighted by molar-refractivity contribution is 6.31. The number of hydrogen-bond acceptors (Lipinski definition) is 4. The van der Waals surface area contributed by atoms with Gasteiger partial charge in [-0.15, -0.1) is 0 Å². The number of carbonyl (C=O) groups is 2. The van der Waals surface area contributed by atoms with Gasteiger partial charge >= 0.3 is 5.97 Å². The summed E-state index contributed by atoms with van der Waals surface area (Å²) in [6, 6.07) is 0. The summed E-state index contributed by atoms with van der Waals surface area (Å²) in [5.41, 5.74) is 0.667. The van der Waals surface area contributed by atoms with Crippen LogP contribution >= 0.6 is 11.6 Å². The third kappa shape index (κ3) is 2.80. The van der Waals surface area contributed by atoms with E-state index in [0.29, 0.717) is 10.7 Å². The zero-order valence-electron chi connectivity index (χ0n) is 10.8. The highest BCUT2D eigenvalue weighted by Crippen LogP contribution is 2.15. The van der Waals surface area contributed by atoms with E-state index in [1.807, 2.05) is 0 Å². The molecule has 1 amide bonds. The lowest BCUT2D eigenvalue weighted by atomic mass is 10.3. The molecule has 2 rings (SSSR count). The number of anilines is 1. The Balaban J connectivity index is 2.10. The minimum atomic E-state index is -1.17. The summed E-state index contributed by atoms with van der Waals surface area (Å²) in [7, 11) is 1.48. The van der Waals surface area contributed by atoms with E-state index in [0.717, 1.165) is 0 Å². The third-order valence-electron chi connectivity index (χ3n) is 2.61. The minimum absolute atomic E-state index is 0.0679. The van der Waals surface area contributed by atoms with Gasteiger partial charge in [0.25, 0.3) is 0 Å². The number of carbonyl (C=O) groups excluding carboxylic acids is 1. The van der Waals surface area contributed by atoms with E-state index in [2.05, 4.69) is 15.5 Å². The molecule has 0 aliphatic heterocycles. The highest BCUT2D eigenvalue weighted by Gasteiger charge is 2.18. The van der Waals surface area contributed by atoms with Crippen molar-refractivity contribution in [1.29, 1.82) is 0 Å². The molecule has 0 spiro atoms. The molecule has 0 radical (unpaired) electrons. The normalized spacial score (nSPS) is 10.6. The molecule has 0 aromatic carbocycles. The van der Waals surface area contributed by atoms with Gasteiger partial charge in [0.05, 0.1) is 22.6 Å². The van der Waals surface area contributed by atoms with E-state index >= 15 is 0 Å². The second-order valence-electron chi connectivity index (χ2n) is 4.14. The molecule has 2 aromatic heterocycles. The van der Waals surface area contributed by atoms with Gasteiger partial charge in [0.2, 0.25) is 5.91 Å². The molecule has 9 heteroatoms. The minimum Gasteiger partial charge on any atom is -0.476 e. The number of aromatic nitrogens is 4. The fourth-order valence-corrected chi connectivity index (χ4v) is 1.84. The number of amides is 1. The molecule has 2 N–H and O–H groups in total. The van der Waals surface area contributed by atoms with Gasteiger partial charge in [0, 0.05) is 13.2 Å². The van der Waals surface area contributed by atoms with Crippen molar-refractivity contribution < 1.29 is 14.7 Å². The number of rotatable bonds is 4. The number of aromatic carboxylic acids is 1. The summed E-state index contributed by atoms with van der Waals surface area (Å²) < 4.78 is 2.55. The van der Waals surface area contributed by atoms with Crippen molar-refractivity contribution in [2.75, 3.05) is 5.32 Å². The molecule has 0 fully saturated rings. The van der Waals surface area contributed by atoms with Crippen LogP contribution in [0.1, 0.15) is 16.2 Å². The maximum Gasteiger partial charge on any atom is 0.356 e. The lowest BCUT2D eigenvalue weighted by molar-refractivity contribution is -0.116. The van der Waals surface area contributed by atoms with Crippen LogP contribution in [0.2, 0.25) is 5.02 Å². The van der Waals surface area contributed by atoms with Crippen LogP contribution in [0, 0.1) is 6.92 Å². The predicted octanol–water partition coefficient (Wildman–Crippen LogP) is 0.915. The first-order valence-corrected chi connectivity index (χ1v) is 6.01. The summed E-state index contributed by atoms with van der Waals surface area (Å²) >= 11 is 5.84. The average molecular weight is 298 g/mol. The molecule has 0 atom stereocenters. The number of aryl methyl sites for hydroxylation is 2. The molecule has 0 saturated heterocycles. The van der Waals surface area contributed by atoms with Crippen molar-refractivity contribution in [3.8, 4) is 0 Å². The molecule has 20 heavy (non-hydrogen) atoms. The van der Waals surface area contributed by atoms with E-state index in [9.17, 15) is 9.59 Å². The maximum absolute atomic E-state index is 11.8.